The number of benzene rings is 2. The fraction of sp³-hybridized carbons (Fsp3) is 0.360. The minimum absolute atomic E-state index is 0.0257. The van der Waals surface area contributed by atoms with E-state index < -0.39 is 17.7 Å². The number of amides is 1. The Hall–Kier alpha value is -3.32. The molecule has 1 saturated heterocycles. The van der Waals surface area contributed by atoms with Crippen LogP contribution in [0.1, 0.15) is 43.4 Å². The SMILES string of the molecule is CCCCOc1ccc(/C(O)=C2/C(=O)C(=O)N(CCCOC)C2c2ccc(O)cc2)cc1. The number of aliphatic hydroxyl groups excluding tert-OH is 1. The molecule has 2 aromatic rings. The van der Waals surface area contributed by atoms with Gasteiger partial charge in [0.05, 0.1) is 18.2 Å². The summed E-state index contributed by atoms with van der Waals surface area (Å²) in [6.45, 7) is 3.42. The lowest BCUT2D eigenvalue weighted by Gasteiger charge is -2.25. The number of ether oxygens (including phenoxy) is 2. The summed E-state index contributed by atoms with van der Waals surface area (Å²) in [5.41, 5.74) is 1.07. The minimum atomic E-state index is -0.757. The third-order valence-electron chi connectivity index (χ3n) is 5.39. The maximum Gasteiger partial charge on any atom is 0.295 e. The van der Waals surface area contributed by atoms with Gasteiger partial charge in [-0.1, -0.05) is 25.5 Å². The largest absolute Gasteiger partial charge is 0.508 e. The molecule has 7 nitrogen and oxygen atoms in total. The fourth-order valence-electron chi connectivity index (χ4n) is 3.69. The quantitative estimate of drug-likeness (QED) is 0.251. The van der Waals surface area contributed by atoms with E-state index in [1.165, 1.54) is 17.0 Å². The third-order valence-corrected chi connectivity index (χ3v) is 5.39. The summed E-state index contributed by atoms with van der Waals surface area (Å²) in [6, 6.07) is 12.3. The number of Topliss-reactive ketones (excluding diaryl/α,β-unsaturated/α-hetero) is 1. The highest BCUT2D eigenvalue weighted by Gasteiger charge is 2.45. The summed E-state index contributed by atoms with van der Waals surface area (Å²) in [5.74, 6) is -0.897. The monoisotopic (exact) mass is 439 g/mol. The van der Waals surface area contributed by atoms with Crippen LogP contribution < -0.4 is 4.74 Å². The molecular formula is C25H29NO6. The zero-order valence-corrected chi connectivity index (χ0v) is 18.4. The lowest BCUT2D eigenvalue weighted by Crippen LogP contribution is -2.31. The van der Waals surface area contributed by atoms with Crippen LogP contribution in [0.3, 0.4) is 0 Å². The average Bonchev–Trinajstić information content (AvgIpc) is 3.05. The van der Waals surface area contributed by atoms with E-state index in [0.29, 0.717) is 43.1 Å². The predicted molar refractivity (Wildman–Crippen MR) is 120 cm³/mol. The van der Waals surface area contributed by atoms with Crippen LogP contribution in [0, 0.1) is 0 Å². The Balaban J connectivity index is 1.98. The van der Waals surface area contributed by atoms with Crippen molar-refractivity contribution in [1.82, 2.24) is 4.90 Å². The first-order chi connectivity index (χ1) is 15.5. The lowest BCUT2D eigenvalue weighted by molar-refractivity contribution is -0.140. The van der Waals surface area contributed by atoms with Crippen LogP contribution in [0.15, 0.2) is 54.1 Å². The molecule has 0 bridgehead atoms. The summed E-state index contributed by atoms with van der Waals surface area (Å²) in [6.07, 6.45) is 2.52. The van der Waals surface area contributed by atoms with Crippen LogP contribution >= 0.6 is 0 Å². The van der Waals surface area contributed by atoms with Crippen molar-refractivity contribution in [3.63, 3.8) is 0 Å². The predicted octanol–water partition coefficient (Wildman–Crippen LogP) is 4.03. The molecular weight excluding hydrogens is 410 g/mol. The molecule has 3 rings (SSSR count). The topological polar surface area (TPSA) is 96.3 Å². The molecule has 1 amide bonds. The number of carbonyl (C=O) groups excluding carboxylic acids is 2. The molecule has 0 spiro atoms. The Kier molecular flexibility index (Phi) is 7.89. The second-order valence-electron chi connectivity index (χ2n) is 7.66. The van der Waals surface area contributed by atoms with Crippen LogP contribution in [-0.2, 0) is 14.3 Å². The van der Waals surface area contributed by atoms with Crippen molar-refractivity contribution in [2.24, 2.45) is 0 Å². The number of aliphatic hydroxyl groups is 1. The van der Waals surface area contributed by atoms with Crippen molar-refractivity contribution >= 4 is 17.4 Å². The van der Waals surface area contributed by atoms with Crippen molar-refractivity contribution in [3.8, 4) is 11.5 Å². The molecule has 0 aromatic heterocycles. The Bertz CT molecular complexity index is 965. The van der Waals surface area contributed by atoms with Gasteiger partial charge in [0, 0.05) is 25.8 Å². The van der Waals surface area contributed by atoms with Crippen LogP contribution in [0.5, 0.6) is 11.5 Å². The highest BCUT2D eigenvalue weighted by molar-refractivity contribution is 6.46. The smallest absolute Gasteiger partial charge is 0.295 e. The molecule has 32 heavy (non-hydrogen) atoms. The van der Waals surface area contributed by atoms with Gasteiger partial charge in [-0.05, 0) is 54.8 Å². The number of rotatable bonds is 10. The molecule has 0 radical (unpaired) electrons. The molecule has 1 atom stereocenters. The second-order valence-corrected chi connectivity index (χ2v) is 7.66. The number of methoxy groups -OCH3 is 1. The first kappa shape index (κ1) is 23.3. The Morgan fingerprint density at radius 2 is 1.69 bits per heavy atom. The lowest BCUT2D eigenvalue weighted by atomic mass is 9.95. The van der Waals surface area contributed by atoms with Crippen molar-refractivity contribution in [1.29, 1.82) is 0 Å². The molecule has 0 aliphatic carbocycles. The number of phenols is 1. The number of aromatic hydroxyl groups is 1. The average molecular weight is 440 g/mol. The number of hydrogen-bond acceptors (Lipinski definition) is 6. The number of unbranched alkanes of at least 4 members (excludes halogenated alkanes) is 1. The highest BCUT2D eigenvalue weighted by Crippen LogP contribution is 2.40. The van der Waals surface area contributed by atoms with Gasteiger partial charge < -0.3 is 24.6 Å². The van der Waals surface area contributed by atoms with E-state index in [2.05, 4.69) is 6.92 Å². The number of hydrogen-bond donors (Lipinski definition) is 2. The van der Waals surface area contributed by atoms with Gasteiger partial charge >= 0.3 is 0 Å². The molecule has 1 aliphatic rings. The molecule has 0 saturated carbocycles. The Labute approximate surface area is 187 Å². The summed E-state index contributed by atoms with van der Waals surface area (Å²) in [7, 11) is 1.57. The van der Waals surface area contributed by atoms with E-state index >= 15 is 0 Å². The molecule has 170 valence electrons. The number of likely N-dealkylation sites (tertiary alicyclic amines) is 1. The van der Waals surface area contributed by atoms with Gasteiger partial charge in [0.15, 0.2) is 0 Å². The van der Waals surface area contributed by atoms with Crippen molar-refractivity contribution in [2.45, 2.75) is 32.2 Å². The molecule has 7 heteroatoms. The van der Waals surface area contributed by atoms with Crippen LogP contribution in [0.2, 0.25) is 0 Å². The van der Waals surface area contributed by atoms with E-state index in [0.717, 1.165) is 12.8 Å². The Morgan fingerprint density at radius 3 is 2.31 bits per heavy atom. The normalized spacial score (nSPS) is 17.7. The number of phenolic OH excluding ortho intramolecular Hbond substituents is 1. The molecule has 2 N–H and O–H groups in total. The highest BCUT2D eigenvalue weighted by atomic mass is 16.5. The van der Waals surface area contributed by atoms with Gasteiger partial charge in [-0.2, -0.15) is 0 Å². The van der Waals surface area contributed by atoms with Crippen LogP contribution in [0.25, 0.3) is 5.76 Å². The summed E-state index contributed by atoms with van der Waals surface area (Å²) < 4.78 is 10.7. The minimum Gasteiger partial charge on any atom is -0.508 e. The maximum absolute atomic E-state index is 12.9. The second kappa shape index (κ2) is 10.8. The number of nitrogens with zero attached hydrogens (tertiary/aromatic N) is 1. The van der Waals surface area contributed by atoms with E-state index in [4.69, 9.17) is 9.47 Å². The molecule has 1 unspecified atom stereocenters. The van der Waals surface area contributed by atoms with Crippen LogP contribution in [0.4, 0.5) is 0 Å². The number of carbonyl (C=O) groups is 2. The van der Waals surface area contributed by atoms with Crippen molar-refractivity contribution < 1.29 is 29.3 Å². The van der Waals surface area contributed by atoms with Crippen molar-refractivity contribution in [3.05, 3.63) is 65.2 Å². The van der Waals surface area contributed by atoms with Gasteiger partial charge in [0.1, 0.15) is 17.3 Å². The summed E-state index contributed by atoms with van der Waals surface area (Å²) in [4.78, 5) is 27.2. The third kappa shape index (κ3) is 5.11. The molecule has 1 fully saturated rings. The molecule has 1 heterocycles. The standard InChI is InChI=1S/C25H29NO6/c1-3-4-16-32-20-12-8-18(9-13-20)23(28)21-22(17-6-10-19(27)11-7-17)26(14-5-15-31-2)25(30)24(21)29/h6-13,22,27-28H,3-5,14-16H2,1-2H3/b23-21-. The molecule has 1 aliphatic heterocycles. The van der Waals surface area contributed by atoms with E-state index in [9.17, 15) is 19.8 Å². The molecule has 2 aromatic carbocycles. The van der Waals surface area contributed by atoms with E-state index in [-0.39, 0.29) is 17.1 Å². The zero-order valence-electron chi connectivity index (χ0n) is 18.4. The first-order valence-electron chi connectivity index (χ1n) is 10.8. The van der Waals surface area contributed by atoms with Gasteiger partial charge in [-0.3, -0.25) is 9.59 Å². The van der Waals surface area contributed by atoms with E-state index in [1.807, 2.05) is 0 Å². The maximum atomic E-state index is 12.9. The van der Waals surface area contributed by atoms with Gasteiger partial charge in [-0.25, -0.2) is 0 Å². The van der Waals surface area contributed by atoms with Gasteiger partial charge in [-0.15, -0.1) is 0 Å². The van der Waals surface area contributed by atoms with Gasteiger partial charge in [0.25, 0.3) is 11.7 Å². The van der Waals surface area contributed by atoms with Crippen molar-refractivity contribution in [2.75, 3.05) is 26.9 Å². The summed E-state index contributed by atoms with van der Waals surface area (Å²) >= 11 is 0. The fourth-order valence-corrected chi connectivity index (χ4v) is 3.69. The van der Waals surface area contributed by atoms with Gasteiger partial charge in [0.2, 0.25) is 0 Å². The first-order valence-corrected chi connectivity index (χ1v) is 10.8. The van der Waals surface area contributed by atoms with Crippen LogP contribution in [-0.4, -0.2) is 53.7 Å². The zero-order chi connectivity index (χ0) is 23.1. The van der Waals surface area contributed by atoms with E-state index in [1.54, 1.807) is 43.5 Å². The summed E-state index contributed by atoms with van der Waals surface area (Å²) in [5, 5.41) is 20.7. The Morgan fingerprint density at radius 1 is 1.00 bits per heavy atom. The number of ketones is 1.